The Kier molecular flexibility index (Phi) is 19.3. The highest BCUT2D eigenvalue weighted by atomic mass is 16.4. The minimum Gasteiger partial charge on any atom is -0.480 e. The lowest BCUT2D eigenvalue weighted by molar-refractivity contribution is -0.139. The SMILES string of the molecule is N=C(N)N.NC(N)=NCCCC(N)C(=O)O.NCCCC(N)C(=O)O. The molecule has 0 aliphatic heterocycles. The number of hydrogen-bond donors (Lipinski definition) is 10. The Balaban J connectivity index is -0.000000328. The number of nitrogens with two attached hydrogens (primary N) is 7. The van der Waals surface area contributed by atoms with E-state index in [4.69, 9.17) is 44.3 Å². The zero-order valence-corrected chi connectivity index (χ0v) is 14.1. The normalized spacial score (nSPS) is 11.5. The highest BCUT2D eigenvalue weighted by Crippen LogP contribution is 1.94. The number of hydrogen-bond acceptors (Lipinski definition) is 7. The predicted molar refractivity (Wildman–Crippen MR) is 95.5 cm³/mol. The minimum absolute atomic E-state index is 0.0129. The van der Waals surface area contributed by atoms with Crippen LogP contribution >= 0.6 is 0 Å². The van der Waals surface area contributed by atoms with Gasteiger partial charge in [0, 0.05) is 6.54 Å². The van der Waals surface area contributed by atoms with E-state index >= 15 is 0 Å². The van der Waals surface area contributed by atoms with E-state index in [0.29, 0.717) is 38.8 Å². The first-order valence-corrected chi connectivity index (χ1v) is 7.27. The van der Waals surface area contributed by atoms with E-state index in [2.05, 4.69) is 16.5 Å². The van der Waals surface area contributed by atoms with Crippen molar-refractivity contribution in [2.75, 3.05) is 13.1 Å². The Labute approximate surface area is 146 Å². The standard InChI is InChI=1S/C6H14N4O2.C5H12N2O2.CH5N3/c7-4(5(11)12)2-1-3-10-6(8)9;6-3-1-2-4(7)5(8)9;2-1(3)4/h4H,1-3,7H2,(H,11,12)(H4,8,9,10);4H,1-3,6-7H2,(H,8,9);(H5,2,3,4). The first kappa shape index (κ1) is 27.2. The first-order chi connectivity index (χ1) is 11.4. The molecule has 2 atom stereocenters. The van der Waals surface area contributed by atoms with E-state index in [-0.39, 0.29) is 11.9 Å². The average molecular weight is 365 g/mol. The van der Waals surface area contributed by atoms with Crippen molar-refractivity contribution in [3.05, 3.63) is 0 Å². The van der Waals surface area contributed by atoms with E-state index in [1.165, 1.54) is 0 Å². The molecule has 2 unspecified atom stereocenters. The molecule has 0 aromatic heterocycles. The number of aliphatic carboxylic acids is 2. The number of carboxylic acids is 2. The summed E-state index contributed by atoms with van der Waals surface area (Å²) in [5, 5.41) is 22.7. The number of nitrogens with zero attached hydrogens (tertiary/aromatic N) is 1. The van der Waals surface area contributed by atoms with Crippen LogP contribution in [0.3, 0.4) is 0 Å². The van der Waals surface area contributed by atoms with E-state index in [1.54, 1.807) is 0 Å². The molecule has 0 saturated heterocycles. The fourth-order valence-electron chi connectivity index (χ4n) is 1.10. The Hall–Kier alpha value is -2.64. The molecule has 13 heteroatoms. The summed E-state index contributed by atoms with van der Waals surface area (Å²) in [5.74, 6) is -2.28. The summed E-state index contributed by atoms with van der Waals surface area (Å²) in [6, 6.07) is -1.56. The third kappa shape index (κ3) is 29.9. The maximum Gasteiger partial charge on any atom is 0.320 e. The Bertz CT molecular complexity index is 409. The quantitative estimate of drug-likeness (QED) is 0.108. The summed E-state index contributed by atoms with van der Waals surface area (Å²) in [6.45, 7) is 0.921. The number of rotatable bonds is 9. The highest BCUT2D eigenvalue weighted by Gasteiger charge is 2.09. The van der Waals surface area contributed by atoms with Gasteiger partial charge >= 0.3 is 11.9 Å². The molecule has 0 amide bonds. The van der Waals surface area contributed by atoms with Crippen molar-refractivity contribution in [2.24, 2.45) is 45.1 Å². The molecular weight excluding hydrogens is 334 g/mol. The second-order valence-electron chi connectivity index (χ2n) is 4.72. The van der Waals surface area contributed by atoms with Gasteiger partial charge in [-0.25, -0.2) is 0 Å². The van der Waals surface area contributed by atoms with Crippen LogP contribution in [0.25, 0.3) is 0 Å². The van der Waals surface area contributed by atoms with Gasteiger partial charge in [0.15, 0.2) is 11.9 Å². The number of carboxylic acid groups (broad SMARTS) is 2. The van der Waals surface area contributed by atoms with Crippen LogP contribution in [0.4, 0.5) is 0 Å². The maximum absolute atomic E-state index is 10.2. The van der Waals surface area contributed by atoms with Gasteiger partial charge < -0.3 is 50.3 Å². The van der Waals surface area contributed by atoms with Crippen LogP contribution in [0.15, 0.2) is 4.99 Å². The van der Waals surface area contributed by atoms with Gasteiger partial charge in [-0.1, -0.05) is 0 Å². The van der Waals surface area contributed by atoms with Crippen molar-refractivity contribution in [2.45, 2.75) is 37.8 Å². The maximum atomic E-state index is 10.2. The summed E-state index contributed by atoms with van der Waals surface area (Å²) >= 11 is 0. The second-order valence-corrected chi connectivity index (χ2v) is 4.72. The predicted octanol–water partition coefficient (Wildman–Crippen LogP) is -3.57. The summed E-state index contributed by atoms with van der Waals surface area (Å²) < 4.78 is 0. The molecule has 17 N–H and O–H groups in total. The molecule has 0 aromatic rings. The number of carbonyl (C=O) groups is 2. The molecule has 0 aliphatic carbocycles. The summed E-state index contributed by atoms with van der Waals surface area (Å²) in [7, 11) is 0. The lowest BCUT2D eigenvalue weighted by Gasteiger charge is -2.03. The molecule has 0 aromatic carbocycles. The van der Waals surface area contributed by atoms with Crippen LogP contribution < -0.4 is 40.1 Å². The van der Waals surface area contributed by atoms with E-state index < -0.39 is 24.0 Å². The van der Waals surface area contributed by atoms with Crippen LogP contribution in [0.2, 0.25) is 0 Å². The monoisotopic (exact) mass is 365 g/mol. The van der Waals surface area contributed by atoms with Gasteiger partial charge in [-0.2, -0.15) is 0 Å². The van der Waals surface area contributed by atoms with Gasteiger partial charge in [0.2, 0.25) is 0 Å². The lowest BCUT2D eigenvalue weighted by atomic mass is 10.2. The van der Waals surface area contributed by atoms with Crippen molar-refractivity contribution < 1.29 is 19.8 Å². The fraction of sp³-hybridized carbons (Fsp3) is 0.667. The highest BCUT2D eigenvalue weighted by molar-refractivity contribution is 5.75. The van der Waals surface area contributed by atoms with Gasteiger partial charge in [0.1, 0.15) is 12.1 Å². The summed E-state index contributed by atoms with van der Waals surface area (Å²) in [6.07, 6.45) is 2.09. The van der Waals surface area contributed by atoms with Crippen LogP contribution in [0.1, 0.15) is 25.7 Å². The van der Waals surface area contributed by atoms with Crippen LogP contribution in [0.5, 0.6) is 0 Å². The average Bonchev–Trinajstić information content (AvgIpc) is 2.48. The second kappa shape index (κ2) is 17.7. The number of aliphatic imine (C=N–C) groups is 1. The first-order valence-electron chi connectivity index (χ1n) is 7.27. The third-order valence-electron chi connectivity index (χ3n) is 2.32. The third-order valence-corrected chi connectivity index (χ3v) is 2.32. The molecule has 0 radical (unpaired) electrons. The minimum atomic E-state index is -1.00. The zero-order valence-electron chi connectivity index (χ0n) is 14.1. The van der Waals surface area contributed by atoms with Crippen LogP contribution in [0, 0.1) is 5.41 Å². The molecule has 0 fully saturated rings. The van der Waals surface area contributed by atoms with Crippen molar-refractivity contribution in [3.63, 3.8) is 0 Å². The number of nitrogens with one attached hydrogen (secondary N) is 1. The Morgan fingerprint density at radius 1 is 0.920 bits per heavy atom. The fourth-order valence-corrected chi connectivity index (χ4v) is 1.10. The molecule has 0 rings (SSSR count). The van der Waals surface area contributed by atoms with Crippen molar-refractivity contribution in [1.29, 1.82) is 5.41 Å². The molecule has 0 heterocycles. The zero-order chi connectivity index (χ0) is 20.4. The lowest BCUT2D eigenvalue weighted by Crippen LogP contribution is -2.30. The van der Waals surface area contributed by atoms with Crippen molar-refractivity contribution in [1.82, 2.24) is 0 Å². The van der Waals surface area contributed by atoms with Crippen LogP contribution in [-0.4, -0.2) is 59.2 Å². The van der Waals surface area contributed by atoms with Crippen LogP contribution in [-0.2, 0) is 9.59 Å². The van der Waals surface area contributed by atoms with Gasteiger partial charge in [-0.15, -0.1) is 0 Å². The molecule has 25 heavy (non-hydrogen) atoms. The van der Waals surface area contributed by atoms with Crippen molar-refractivity contribution in [3.8, 4) is 0 Å². The molecule has 0 spiro atoms. The summed E-state index contributed by atoms with van der Waals surface area (Å²) in [4.78, 5) is 23.9. The molecule has 148 valence electrons. The van der Waals surface area contributed by atoms with E-state index in [1.807, 2.05) is 0 Å². The van der Waals surface area contributed by atoms with E-state index in [9.17, 15) is 9.59 Å². The van der Waals surface area contributed by atoms with Gasteiger partial charge in [0.05, 0.1) is 0 Å². The molecule has 0 bridgehead atoms. The Morgan fingerprint density at radius 3 is 1.56 bits per heavy atom. The van der Waals surface area contributed by atoms with Crippen molar-refractivity contribution >= 4 is 23.9 Å². The van der Waals surface area contributed by atoms with E-state index in [0.717, 1.165) is 0 Å². The number of guanidine groups is 2. The topological polar surface area (TPSA) is 293 Å². The molecule has 0 aliphatic rings. The Morgan fingerprint density at radius 2 is 1.28 bits per heavy atom. The largest absolute Gasteiger partial charge is 0.480 e. The smallest absolute Gasteiger partial charge is 0.320 e. The summed E-state index contributed by atoms with van der Waals surface area (Å²) in [5.41, 5.74) is 34.5. The van der Waals surface area contributed by atoms with Gasteiger partial charge in [0.25, 0.3) is 0 Å². The van der Waals surface area contributed by atoms with Gasteiger partial charge in [-0.3, -0.25) is 20.0 Å². The molecule has 0 saturated carbocycles. The molecule has 13 nitrogen and oxygen atoms in total. The van der Waals surface area contributed by atoms with Gasteiger partial charge in [-0.05, 0) is 32.2 Å². The molecular formula is C12H31N9O4.